The second-order valence-electron chi connectivity index (χ2n) is 0.261. The zero-order chi connectivity index (χ0) is 3.58. The van der Waals surface area contributed by atoms with Gasteiger partial charge >= 0.3 is 7.66 Å². The van der Waals surface area contributed by atoms with E-state index in [1.807, 2.05) is 0 Å². The molecule has 0 spiro atoms. The maximum atomic E-state index is 9.20. The molecule has 0 unspecified atom stereocenters. The predicted molar refractivity (Wildman–Crippen MR) is 19.5 cm³/mol. The molecule has 25 valence electrons. The third-order valence-electron chi connectivity index (χ3n) is 0. The van der Waals surface area contributed by atoms with Crippen LogP contribution in [-0.4, -0.2) is 7.66 Å². The van der Waals surface area contributed by atoms with E-state index in [1.165, 1.54) is 0 Å². The standard InChI is InChI=1S/Cl2HOSi/c1-4(2)3/h4H. The zero-order valence-corrected chi connectivity index (χ0v) is 4.41. The normalized spacial score (nSPS) is 9.00. The summed E-state index contributed by atoms with van der Waals surface area (Å²) in [4.78, 5) is 9.20. The molecule has 4 heavy (non-hydrogen) atoms. The minimum absolute atomic E-state index is 2.44. The summed E-state index contributed by atoms with van der Waals surface area (Å²) >= 11 is 9.25. The maximum Gasteiger partial charge on any atom is 0.408 e. The molecule has 0 aromatic heterocycles. The number of hydrogen-bond acceptors (Lipinski definition) is 0. The van der Waals surface area contributed by atoms with Crippen LogP contribution >= 0.6 is 22.2 Å². The molecule has 0 aliphatic heterocycles. The number of hydrogen-bond donors (Lipinski definition) is 0. The Kier molecular flexibility index (Phi) is 2.41. The van der Waals surface area contributed by atoms with E-state index in [9.17, 15) is 4.80 Å². The fourth-order valence-electron chi connectivity index (χ4n) is 0. The van der Waals surface area contributed by atoms with Crippen molar-refractivity contribution in [3.05, 3.63) is 0 Å². The quantitative estimate of drug-likeness (QED) is 0.326. The molecule has 0 saturated carbocycles. The van der Waals surface area contributed by atoms with Crippen LogP contribution < -0.4 is 0 Å². The van der Waals surface area contributed by atoms with Gasteiger partial charge in [-0.25, -0.2) is 0 Å². The Morgan fingerprint density at radius 2 is 1.50 bits per heavy atom. The molecule has 0 aliphatic rings. The van der Waals surface area contributed by atoms with E-state index >= 15 is 0 Å². The van der Waals surface area contributed by atoms with Gasteiger partial charge in [0.05, 0.1) is 0 Å². The molecule has 0 heterocycles. The van der Waals surface area contributed by atoms with Crippen LogP contribution in [0.4, 0.5) is 0 Å². The van der Waals surface area contributed by atoms with Gasteiger partial charge in [-0.2, -0.15) is 0 Å². The molecule has 0 fully saturated rings. The molecule has 1 nitrogen and oxygen atoms in total. The molecule has 0 atom stereocenters. The number of halogens is 2. The molecule has 0 saturated heterocycles. The van der Waals surface area contributed by atoms with Gasteiger partial charge in [0.2, 0.25) is 0 Å². The van der Waals surface area contributed by atoms with Crippen LogP contribution in [-0.2, 0) is 4.80 Å². The first-order valence-corrected chi connectivity index (χ1v) is 4.64. The Morgan fingerprint density at radius 1 is 1.50 bits per heavy atom. The predicted octanol–water partition coefficient (Wildman–Crippen LogP) is 0.612. The fourth-order valence-corrected chi connectivity index (χ4v) is 0. The zero-order valence-electron chi connectivity index (χ0n) is 1.74. The molecule has 0 bridgehead atoms. The Hall–Kier alpha value is 0.757. The molecule has 0 aliphatic carbocycles. The van der Waals surface area contributed by atoms with Gasteiger partial charge in [-0.15, -0.1) is 22.2 Å². The van der Waals surface area contributed by atoms with E-state index in [-0.39, 0.29) is 0 Å². The Balaban J connectivity index is 2.32. The third-order valence-corrected chi connectivity index (χ3v) is 0. The first-order chi connectivity index (χ1) is 1.73. The molecule has 4 heteroatoms. The monoisotopic (exact) mass is 115 g/mol. The lowest BCUT2D eigenvalue weighted by molar-refractivity contribution is 0.483. The van der Waals surface area contributed by atoms with Crippen molar-refractivity contribution >= 4 is 29.8 Å². The van der Waals surface area contributed by atoms with Crippen molar-refractivity contribution in [1.29, 1.82) is 0 Å². The first-order valence-electron chi connectivity index (χ1n) is 0.672. The Labute approximate surface area is 35.3 Å². The summed E-state index contributed by atoms with van der Waals surface area (Å²) in [6.45, 7) is 0. The van der Waals surface area contributed by atoms with E-state index < -0.39 is 7.66 Å². The number of rotatable bonds is 0. The molecule has 0 aromatic rings. The van der Waals surface area contributed by atoms with Crippen LogP contribution in [0.25, 0.3) is 0 Å². The van der Waals surface area contributed by atoms with Gasteiger partial charge in [-0.3, -0.25) is 4.80 Å². The van der Waals surface area contributed by atoms with Gasteiger partial charge in [0.15, 0.2) is 0 Å². The minimum atomic E-state index is -2.44. The van der Waals surface area contributed by atoms with E-state index in [2.05, 4.69) is 22.2 Å². The summed E-state index contributed by atoms with van der Waals surface area (Å²) in [5.41, 5.74) is 0. The molecule has 0 aromatic carbocycles. The molecular formula is HCl2OSi. The van der Waals surface area contributed by atoms with Gasteiger partial charge < -0.3 is 0 Å². The van der Waals surface area contributed by atoms with Crippen molar-refractivity contribution in [2.24, 2.45) is 0 Å². The van der Waals surface area contributed by atoms with E-state index in [4.69, 9.17) is 0 Å². The van der Waals surface area contributed by atoms with Gasteiger partial charge in [0.25, 0.3) is 0 Å². The van der Waals surface area contributed by atoms with Crippen LogP contribution in [0, 0.1) is 0 Å². The van der Waals surface area contributed by atoms with E-state index in [0.717, 1.165) is 0 Å². The van der Waals surface area contributed by atoms with E-state index in [1.54, 1.807) is 0 Å². The first kappa shape index (κ1) is 4.76. The summed E-state index contributed by atoms with van der Waals surface area (Å²) in [5.74, 6) is 0. The molecule has 0 amide bonds. The maximum absolute atomic E-state index is 9.20. The van der Waals surface area contributed by atoms with Gasteiger partial charge in [0.1, 0.15) is 0 Å². The highest BCUT2D eigenvalue weighted by atomic mass is 35.7. The van der Waals surface area contributed by atoms with Crippen LogP contribution in [0.3, 0.4) is 0 Å². The average molecular weight is 116 g/mol. The highest BCUT2D eigenvalue weighted by Crippen LogP contribution is 1.85. The lowest BCUT2D eigenvalue weighted by Gasteiger charge is -1.63. The van der Waals surface area contributed by atoms with Crippen molar-refractivity contribution < 1.29 is 4.80 Å². The lowest BCUT2D eigenvalue weighted by Crippen LogP contribution is -1.79. The summed E-state index contributed by atoms with van der Waals surface area (Å²) < 4.78 is 0. The molecular weight excluding hydrogens is 115 g/mol. The lowest BCUT2D eigenvalue weighted by atomic mass is 15.9. The molecule has 0 rings (SSSR count). The second kappa shape index (κ2) is 2.02. The van der Waals surface area contributed by atoms with Crippen molar-refractivity contribution in [1.82, 2.24) is 0 Å². The molecule has 1 radical (unpaired) electrons. The fraction of sp³-hybridized carbons (Fsp3) is 0. The van der Waals surface area contributed by atoms with E-state index in [0.29, 0.717) is 0 Å². The summed E-state index contributed by atoms with van der Waals surface area (Å²) in [7, 11) is -2.44. The van der Waals surface area contributed by atoms with Crippen LogP contribution in [0.5, 0.6) is 0 Å². The van der Waals surface area contributed by atoms with Gasteiger partial charge in [-0.05, 0) is 0 Å². The van der Waals surface area contributed by atoms with Crippen molar-refractivity contribution in [3.8, 4) is 0 Å². The summed E-state index contributed by atoms with van der Waals surface area (Å²) in [6, 6.07) is 0. The smallest absolute Gasteiger partial charge is 0.260 e. The highest BCUT2D eigenvalue weighted by molar-refractivity contribution is 7.29. The van der Waals surface area contributed by atoms with Crippen molar-refractivity contribution in [3.63, 3.8) is 0 Å². The van der Waals surface area contributed by atoms with Crippen molar-refractivity contribution in [2.75, 3.05) is 0 Å². The average Bonchev–Trinajstić information content (AvgIpc) is 0.811. The Morgan fingerprint density at radius 3 is 1.50 bits per heavy atom. The highest BCUT2D eigenvalue weighted by Gasteiger charge is 1.88. The largest absolute Gasteiger partial charge is 0.408 e. The van der Waals surface area contributed by atoms with Crippen LogP contribution in [0.15, 0.2) is 0 Å². The topological polar surface area (TPSA) is 19.9 Å². The SMILES string of the molecule is [O][SiH](Cl)Cl. The summed E-state index contributed by atoms with van der Waals surface area (Å²) in [6.07, 6.45) is 0. The van der Waals surface area contributed by atoms with Gasteiger partial charge in [0, 0.05) is 0 Å². The third kappa shape index (κ3) is 14.9. The van der Waals surface area contributed by atoms with Gasteiger partial charge in [-0.1, -0.05) is 0 Å². The molecule has 0 N–H and O–H groups in total. The second-order valence-corrected chi connectivity index (χ2v) is 3.83. The minimum Gasteiger partial charge on any atom is -0.260 e. The summed E-state index contributed by atoms with van der Waals surface area (Å²) in [5, 5.41) is 0. The van der Waals surface area contributed by atoms with Crippen LogP contribution in [0.1, 0.15) is 0 Å². The van der Waals surface area contributed by atoms with Crippen molar-refractivity contribution in [2.45, 2.75) is 0 Å². The Bertz CT molecular complexity index is 10.8. The van der Waals surface area contributed by atoms with Crippen LogP contribution in [0.2, 0.25) is 0 Å².